The van der Waals surface area contributed by atoms with Gasteiger partial charge < -0.3 is 9.72 Å². The highest BCUT2D eigenvalue weighted by molar-refractivity contribution is 9.10. The summed E-state index contributed by atoms with van der Waals surface area (Å²) in [7, 11) is 0. The van der Waals surface area contributed by atoms with Gasteiger partial charge in [0.1, 0.15) is 5.56 Å². The molecule has 0 spiro atoms. The van der Waals surface area contributed by atoms with Gasteiger partial charge in [-0.15, -0.1) is 0 Å². The second-order valence-electron chi connectivity index (χ2n) is 4.31. The van der Waals surface area contributed by atoms with Crippen LogP contribution in [0.4, 0.5) is 0 Å². The number of pyridine rings is 1. The maximum Gasteiger partial charge on any atom is 0.343 e. The Kier molecular flexibility index (Phi) is 3.75. The first kappa shape index (κ1) is 13.8. The highest BCUT2D eigenvalue weighted by Crippen LogP contribution is 2.26. The summed E-state index contributed by atoms with van der Waals surface area (Å²) < 4.78 is 5.76. The number of halogens is 1. The predicted molar refractivity (Wildman–Crippen MR) is 77.7 cm³/mol. The Morgan fingerprint density at radius 1 is 1.42 bits per heavy atom. The zero-order valence-corrected chi connectivity index (χ0v) is 12.6. The topological polar surface area (TPSA) is 59.2 Å². The summed E-state index contributed by atoms with van der Waals surface area (Å²) in [4.78, 5) is 27.1. The number of H-pyrrole nitrogens is 1. The van der Waals surface area contributed by atoms with Crippen LogP contribution < -0.4 is 5.43 Å². The summed E-state index contributed by atoms with van der Waals surface area (Å²) >= 11 is 3.46. The van der Waals surface area contributed by atoms with Crippen LogP contribution in [0.2, 0.25) is 0 Å². The molecule has 0 atom stereocenters. The minimum absolute atomic E-state index is 0.0354. The Bertz CT molecular complexity index is 719. The minimum atomic E-state index is -0.596. The number of fused-ring (bicyclic) bond motifs is 1. The zero-order valence-electron chi connectivity index (χ0n) is 11.0. The number of rotatable bonds is 2. The number of benzene rings is 1. The third-order valence-electron chi connectivity index (χ3n) is 3.02. The molecule has 1 N–H and O–H groups in total. The van der Waals surface area contributed by atoms with Gasteiger partial charge in [-0.05, 0) is 38.0 Å². The molecule has 1 heterocycles. The number of carbonyl (C=O) groups is 1. The highest BCUT2D eigenvalue weighted by atomic mass is 79.9. The summed E-state index contributed by atoms with van der Waals surface area (Å²) in [5.74, 6) is -0.596. The van der Waals surface area contributed by atoms with E-state index in [-0.39, 0.29) is 17.6 Å². The standard InChI is InChI=1S/C14H14BrNO3/c1-4-19-14(18)9-6-16-10-5-7(2)12(15)8(3)11(10)13(9)17/h5-6H,4H2,1-3H3,(H,16,17). The lowest BCUT2D eigenvalue weighted by atomic mass is 10.0. The molecule has 100 valence electrons. The molecular weight excluding hydrogens is 310 g/mol. The Labute approximate surface area is 118 Å². The second-order valence-corrected chi connectivity index (χ2v) is 5.10. The molecule has 0 saturated carbocycles. The van der Waals surface area contributed by atoms with Crippen molar-refractivity contribution in [2.24, 2.45) is 0 Å². The molecule has 4 nitrogen and oxygen atoms in total. The van der Waals surface area contributed by atoms with E-state index < -0.39 is 5.97 Å². The molecule has 1 aromatic heterocycles. The summed E-state index contributed by atoms with van der Waals surface area (Å²) in [6.45, 7) is 5.75. The van der Waals surface area contributed by atoms with Crippen molar-refractivity contribution in [1.82, 2.24) is 4.98 Å². The van der Waals surface area contributed by atoms with Gasteiger partial charge in [-0.25, -0.2) is 4.79 Å². The van der Waals surface area contributed by atoms with E-state index >= 15 is 0 Å². The molecule has 0 aliphatic carbocycles. The van der Waals surface area contributed by atoms with Gasteiger partial charge in [-0.3, -0.25) is 4.79 Å². The van der Waals surface area contributed by atoms with Gasteiger partial charge in [-0.2, -0.15) is 0 Å². The Morgan fingerprint density at radius 3 is 2.74 bits per heavy atom. The van der Waals surface area contributed by atoms with Gasteiger partial charge in [0.15, 0.2) is 0 Å². The number of carbonyl (C=O) groups excluding carboxylic acids is 1. The van der Waals surface area contributed by atoms with Gasteiger partial charge in [0, 0.05) is 16.2 Å². The molecular formula is C14H14BrNO3. The normalized spacial score (nSPS) is 10.7. The molecule has 0 radical (unpaired) electrons. The number of hydrogen-bond donors (Lipinski definition) is 1. The summed E-state index contributed by atoms with van der Waals surface area (Å²) in [6.07, 6.45) is 1.41. The third-order valence-corrected chi connectivity index (χ3v) is 4.24. The first-order valence-corrected chi connectivity index (χ1v) is 6.74. The second kappa shape index (κ2) is 5.17. The van der Waals surface area contributed by atoms with Crippen LogP contribution in [0.3, 0.4) is 0 Å². The predicted octanol–water partition coefficient (Wildman–Crippen LogP) is 3.08. The maximum atomic E-state index is 12.4. The van der Waals surface area contributed by atoms with Crippen LogP contribution in [-0.2, 0) is 4.74 Å². The van der Waals surface area contributed by atoms with E-state index in [9.17, 15) is 9.59 Å². The average Bonchev–Trinajstić information content (AvgIpc) is 2.36. The number of ether oxygens (including phenoxy) is 1. The van der Waals surface area contributed by atoms with Crippen LogP contribution in [0.5, 0.6) is 0 Å². The molecule has 0 unspecified atom stereocenters. The number of esters is 1. The highest BCUT2D eigenvalue weighted by Gasteiger charge is 2.16. The molecule has 0 fully saturated rings. The minimum Gasteiger partial charge on any atom is -0.462 e. The zero-order chi connectivity index (χ0) is 14.2. The fourth-order valence-corrected chi connectivity index (χ4v) is 2.39. The van der Waals surface area contributed by atoms with E-state index in [0.29, 0.717) is 5.39 Å². The van der Waals surface area contributed by atoms with E-state index in [2.05, 4.69) is 20.9 Å². The molecule has 19 heavy (non-hydrogen) atoms. The first-order chi connectivity index (χ1) is 8.97. The SMILES string of the molecule is CCOC(=O)c1c[nH]c2cc(C)c(Br)c(C)c2c1=O. The Balaban J connectivity index is 2.78. The fourth-order valence-electron chi connectivity index (χ4n) is 2.08. The van der Waals surface area contributed by atoms with Crippen molar-refractivity contribution >= 4 is 32.8 Å². The average molecular weight is 324 g/mol. The molecule has 1 aromatic carbocycles. The van der Waals surface area contributed by atoms with Gasteiger partial charge in [0.05, 0.1) is 12.0 Å². The van der Waals surface area contributed by atoms with E-state index in [1.807, 2.05) is 19.9 Å². The van der Waals surface area contributed by atoms with Gasteiger partial charge in [-0.1, -0.05) is 15.9 Å². The quantitative estimate of drug-likeness (QED) is 0.864. The van der Waals surface area contributed by atoms with Gasteiger partial charge in [0.2, 0.25) is 5.43 Å². The van der Waals surface area contributed by atoms with Crippen LogP contribution in [0, 0.1) is 13.8 Å². The van der Waals surface area contributed by atoms with Crippen molar-refractivity contribution in [1.29, 1.82) is 0 Å². The van der Waals surface area contributed by atoms with E-state index in [0.717, 1.165) is 21.1 Å². The number of aromatic amines is 1. The monoisotopic (exact) mass is 323 g/mol. The lowest BCUT2D eigenvalue weighted by Crippen LogP contribution is -2.19. The molecule has 0 saturated heterocycles. The van der Waals surface area contributed by atoms with Crippen molar-refractivity contribution in [2.75, 3.05) is 6.61 Å². The largest absolute Gasteiger partial charge is 0.462 e. The lowest BCUT2D eigenvalue weighted by Gasteiger charge is -2.09. The molecule has 0 amide bonds. The number of nitrogens with one attached hydrogen (secondary N) is 1. The smallest absolute Gasteiger partial charge is 0.343 e. The maximum absolute atomic E-state index is 12.4. The summed E-state index contributed by atoms with van der Waals surface area (Å²) in [5.41, 5.74) is 2.31. The van der Waals surface area contributed by atoms with Crippen molar-refractivity contribution < 1.29 is 9.53 Å². The van der Waals surface area contributed by atoms with Crippen molar-refractivity contribution in [3.63, 3.8) is 0 Å². The molecule has 0 aliphatic heterocycles. The lowest BCUT2D eigenvalue weighted by molar-refractivity contribution is 0.0524. The van der Waals surface area contributed by atoms with Gasteiger partial charge in [0.25, 0.3) is 0 Å². The number of aryl methyl sites for hydroxylation is 2. The van der Waals surface area contributed by atoms with Crippen LogP contribution in [0.15, 0.2) is 21.5 Å². The number of hydrogen-bond acceptors (Lipinski definition) is 3. The summed E-state index contributed by atoms with van der Waals surface area (Å²) in [5, 5.41) is 0.517. The Hall–Kier alpha value is -1.62. The van der Waals surface area contributed by atoms with Crippen LogP contribution in [0.25, 0.3) is 10.9 Å². The van der Waals surface area contributed by atoms with Gasteiger partial charge >= 0.3 is 5.97 Å². The van der Waals surface area contributed by atoms with Crippen molar-refractivity contribution in [3.05, 3.63) is 43.6 Å². The van der Waals surface area contributed by atoms with E-state index in [4.69, 9.17) is 4.74 Å². The number of aromatic nitrogens is 1. The van der Waals surface area contributed by atoms with E-state index in [1.54, 1.807) is 6.92 Å². The van der Waals surface area contributed by atoms with Crippen LogP contribution >= 0.6 is 15.9 Å². The van der Waals surface area contributed by atoms with Crippen LogP contribution in [-0.4, -0.2) is 17.6 Å². The molecule has 2 rings (SSSR count). The third kappa shape index (κ3) is 2.30. The van der Waals surface area contributed by atoms with Crippen molar-refractivity contribution in [3.8, 4) is 0 Å². The molecule has 0 aliphatic rings. The van der Waals surface area contributed by atoms with Crippen LogP contribution in [0.1, 0.15) is 28.4 Å². The first-order valence-electron chi connectivity index (χ1n) is 5.95. The summed E-state index contributed by atoms with van der Waals surface area (Å²) in [6, 6.07) is 1.88. The molecule has 0 bridgehead atoms. The van der Waals surface area contributed by atoms with Crippen molar-refractivity contribution in [2.45, 2.75) is 20.8 Å². The molecule has 2 aromatic rings. The fraction of sp³-hybridized carbons (Fsp3) is 0.286. The Morgan fingerprint density at radius 2 is 2.11 bits per heavy atom. The van der Waals surface area contributed by atoms with E-state index in [1.165, 1.54) is 6.20 Å². The molecule has 5 heteroatoms.